The maximum Gasteiger partial charge on any atom is 0.161 e. The summed E-state index contributed by atoms with van der Waals surface area (Å²) in [6, 6.07) is 3.99. The Morgan fingerprint density at radius 1 is 1.21 bits per heavy atom. The molecule has 3 nitrogen and oxygen atoms in total. The van der Waals surface area contributed by atoms with Crippen molar-refractivity contribution in [2.75, 3.05) is 20.8 Å². The Balaban J connectivity index is 1.99. The molecule has 1 aliphatic rings. The molecule has 0 spiro atoms. The first-order valence-corrected chi connectivity index (χ1v) is 7.48. The lowest BCUT2D eigenvalue weighted by atomic mass is 9.70. The van der Waals surface area contributed by atoms with E-state index in [9.17, 15) is 0 Å². The van der Waals surface area contributed by atoms with E-state index in [0.29, 0.717) is 5.41 Å². The van der Waals surface area contributed by atoms with Gasteiger partial charge < -0.3 is 14.8 Å². The monoisotopic (exact) mass is 327 g/mol. The van der Waals surface area contributed by atoms with Crippen LogP contribution in [0.1, 0.15) is 31.7 Å². The highest BCUT2D eigenvalue weighted by Gasteiger charge is 2.30. The quantitative estimate of drug-likeness (QED) is 0.863. The molecule has 0 bridgehead atoms. The molecule has 1 aliphatic carbocycles. The summed E-state index contributed by atoms with van der Waals surface area (Å²) < 4.78 is 11.7. The number of nitrogens with one attached hydrogen (secondary N) is 1. The van der Waals surface area contributed by atoms with Crippen LogP contribution in [0.5, 0.6) is 11.5 Å². The van der Waals surface area contributed by atoms with E-state index in [0.717, 1.165) is 29.1 Å². The van der Waals surface area contributed by atoms with Crippen molar-refractivity contribution < 1.29 is 9.47 Å². The van der Waals surface area contributed by atoms with Crippen LogP contribution in [0.25, 0.3) is 0 Å². The van der Waals surface area contributed by atoms with Crippen LogP contribution < -0.4 is 14.8 Å². The Kier molecular flexibility index (Phi) is 4.74. The van der Waals surface area contributed by atoms with E-state index in [1.807, 2.05) is 12.1 Å². The van der Waals surface area contributed by atoms with Gasteiger partial charge in [-0.3, -0.25) is 0 Å². The van der Waals surface area contributed by atoms with Crippen LogP contribution in [0, 0.1) is 5.41 Å². The van der Waals surface area contributed by atoms with Crippen molar-refractivity contribution in [2.45, 2.75) is 32.7 Å². The first-order valence-electron chi connectivity index (χ1n) is 6.69. The predicted molar refractivity (Wildman–Crippen MR) is 80.9 cm³/mol. The summed E-state index contributed by atoms with van der Waals surface area (Å²) in [5.41, 5.74) is 1.70. The topological polar surface area (TPSA) is 30.5 Å². The lowest BCUT2D eigenvalue weighted by Gasteiger charge is -2.38. The van der Waals surface area contributed by atoms with Gasteiger partial charge in [0.25, 0.3) is 0 Å². The maximum absolute atomic E-state index is 5.34. The summed E-state index contributed by atoms with van der Waals surface area (Å²) in [5.74, 6) is 1.53. The van der Waals surface area contributed by atoms with Gasteiger partial charge in [-0.2, -0.15) is 0 Å². The van der Waals surface area contributed by atoms with Crippen LogP contribution in [0.3, 0.4) is 0 Å². The fourth-order valence-corrected chi connectivity index (χ4v) is 2.95. The molecule has 0 saturated heterocycles. The fraction of sp³-hybridized carbons (Fsp3) is 0.600. The second-order valence-electron chi connectivity index (χ2n) is 5.57. The highest BCUT2D eigenvalue weighted by Crippen LogP contribution is 2.39. The summed E-state index contributed by atoms with van der Waals surface area (Å²) in [5, 5.41) is 3.55. The predicted octanol–water partition coefficient (Wildman–Crippen LogP) is 3.75. The summed E-state index contributed by atoms with van der Waals surface area (Å²) in [4.78, 5) is 0. The van der Waals surface area contributed by atoms with E-state index in [-0.39, 0.29) is 0 Å². The van der Waals surface area contributed by atoms with Crippen LogP contribution in [0.2, 0.25) is 0 Å². The molecule has 4 heteroatoms. The van der Waals surface area contributed by atoms with E-state index in [1.54, 1.807) is 14.2 Å². The zero-order valence-electron chi connectivity index (χ0n) is 11.9. The molecule has 1 fully saturated rings. The Labute approximate surface area is 123 Å². The molecule has 0 aliphatic heterocycles. The smallest absolute Gasteiger partial charge is 0.161 e. The summed E-state index contributed by atoms with van der Waals surface area (Å²) in [6.45, 7) is 4.28. The van der Waals surface area contributed by atoms with Crippen LogP contribution in [-0.2, 0) is 6.54 Å². The minimum atomic E-state index is 0.503. The molecular formula is C15H22BrNO2. The number of methoxy groups -OCH3 is 2. The average Bonchev–Trinajstić information content (AvgIpc) is 2.38. The number of hydrogen-bond donors (Lipinski definition) is 1. The van der Waals surface area contributed by atoms with Gasteiger partial charge in [0.15, 0.2) is 11.5 Å². The van der Waals surface area contributed by atoms with Gasteiger partial charge in [-0.25, -0.2) is 0 Å². The summed E-state index contributed by atoms with van der Waals surface area (Å²) in [7, 11) is 3.32. The number of halogens is 1. The third-order valence-electron chi connectivity index (χ3n) is 3.98. The minimum absolute atomic E-state index is 0.503. The first kappa shape index (κ1) is 14.7. The van der Waals surface area contributed by atoms with Crippen molar-refractivity contribution >= 4 is 15.9 Å². The lowest BCUT2D eigenvalue weighted by Crippen LogP contribution is -2.37. The summed E-state index contributed by atoms with van der Waals surface area (Å²) >= 11 is 3.59. The Morgan fingerprint density at radius 2 is 1.84 bits per heavy atom. The van der Waals surface area contributed by atoms with E-state index in [1.165, 1.54) is 24.8 Å². The normalized spacial score (nSPS) is 16.8. The molecule has 106 valence electrons. The van der Waals surface area contributed by atoms with Gasteiger partial charge in [-0.05, 0) is 36.0 Å². The van der Waals surface area contributed by atoms with Gasteiger partial charge >= 0.3 is 0 Å². The molecule has 1 aromatic rings. The molecule has 19 heavy (non-hydrogen) atoms. The zero-order valence-corrected chi connectivity index (χ0v) is 13.5. The van der Waals surface area contributed by atoms with Crippen molar-refractivity contribution in [3.05, 3.63) is 22.2 Å². The number of hydrogen-bond acceptors (Lipinski definition) is 3. The number of ether oxygens (including phenoxy) is 2. The minimum Gasteiger partial charge on any atom is -0.493 e. The molecule has 0 unspecified atom stereocenters. The van der Waals surface area contributed by atoms with Crippen LogP contribution in [0.4, 0.5) is 0 Å². The van der Waals surface area contributed by atoms with Gasteiger partial charge in [0, 0.05) is 17.6 Å². The van der Waals surface area contributed by atoms with E-state index in [2.05, 4.69) is 28.2 Å². The molecule has 1 aromatic carbocycles. The highest BCUT2D eigenvalue weighted by atomic mass is 79.9. The number of benzene rings is 1. The van der Waals surface area contributed by atoms with Crippen LogP contribution in [-0.4, -0.2) is 20.8 Å². The van der Waals surface area contributed by atoms with E-state index < -0.39 is 0 Å². The second-order valence-corrected chi connectivity index (χ2v) is 6.42. The van der Waals surface area contributed by atoms with Crippen molar-refractivity contribution in [2.24, 2.45) is 5.41 Å². The van der Waals surface area contributed by atoms with Gasteiger partial charge in [-0.15, -0.1) is 0 Å². The fourth-order valence-electron chi connectivity index (χ4n) is 2.49. The van der Waals surface area contributed by atoms with Crippen LogP contribution in [0.15, 0.2) is 16.6 Å². The number of rotatable bonds is 6. The molecule has 0 atom stereocenters. The third kappa shape index (κ3) is 3.42. The molecule has 0 radical (unpaired) electrons. The molecule has 0 amide bonds. The second kappa shape index (κ2) is 6.14. The highest BCUT2D eigenvalue weighted by molar-refractivity contribution is 9.10. The molecule has 1 N–H and O–H groups in total. The van der Waals surface area contributed by atoms with Crippen LogP contribution >= 0.6 is 15.9 Å². The Bertz CT molecular complexity index is 444. The SMILES string of the molecule is COc1cc(Br)c(CNCC2(C)CCC2)cc1OC. The zero-order chi connectivity index (χ0) is 13.9. The molecule has 0 heterocycles. The summed E-state index contributed by atoms with van der Waals surface area (Å²) in [6.07, 6.45) is 4.05. The molecule has 0 aromatic heterocycles. The van der Waals surface area contributed by atoms with Crippen molar-refractivity contribution in [1.29, 1.82) is 0 Å². The van der Waals surface area contributed by atoms with Crippen molar-refractivity contribution in [1.82, 2.24) is 5.32 Å². The lowest BCUT2D eigenvalue weighted by molar-refractivity contribution is 0.156. The van der Waals surface area contributed by atoms with Crippen molar-refractivity contribution in [3.63, 3.8) is 0 Å². The van der Waals surface area contributed by atoms with E-state index in [4.69, 9.17) is 9.47 Å². The van der Waals surface area contributed by atoms with E-state index >= 15 is 0 Å². The Hall–Kier alpha value is -0.740. The largest absolute Gasteiger partial charge is 0.493 e. The van der Waals surface area contributed by atoms with Gasteiger partial charge in [0.2, 0.25) is 0 Å². The first-order chi connectivity index (χ1) is 9.08. The van der Waals surface area contributed by atoms with Gasteiger partial charge in [-0.1, -0.05) is 29.3 Å². The average molecular weight is 328 g/mol. The van der Waals surface area contributed by atoms with Gasteiger partial charge in [0.1, 0.15) is 0 Å². The third-order valence-corrected chi connectivity index (χ3v) is 4.72. The van der Waals surface area contributed by atoms with Gasteiger partial charge in [0.05, 0.1) is 14.2 Å². The molecule has 2 rings (SSSR count). The molecule has 1 saturated carbocycles. The van der Waals surface area contributed by atoms with Crippen molar-refractivity contribution in [3.8, 4) is 11.5 Å². The maximum atomic E-state index is 5.34. The Morgan fingerprint density at radius 3 is 2.37 bits per heavy atom. The molecular weight excluding hydrogens is 306 g/mol. The standard InChI is InChI=1S/C15H22BrNO2/c1-15(5-4-6-15)10-17-9-11-7-13(18-2)14(19-3)8-12(11)16/h7-8,17H,4-6,9-10H2,1-3H3.